The summed E-state index contributed by atoms with van der Waals surface area (Å²) in [4.78, 5) is 0. The van der Waals surface area contributed by atoms with Crippen molar-refractivity contribution in [2.45, 2.75) is 13.8 Å². The number of nitrogens with zero attached hydrogens (tertiary/aromatic N) is 1. The first kappa shape index (κ1) is 7.80. The Kier molecular flexibility index (Phi) is 1.68. The minimum atomic E-state index is 1.06. The third-order valence-corrected chi connectivity index (χ3v) is 2.70. The van der Waals surface area contributed by atoms with Crippen molar-refractivity contribution < 1.29 is 0 Å². The first-order chi connectivity index (χ1) is 5.70. The van der Waals surface area contributed by atoms with E-state index in [4.69, 9.17) is 0 Å². The van der Waals surface area contributed by atoms with E-state index in [2.05, 4.69) is 45.2 Å². The van der Waals surface area contributed by atoms with Crippen molar-refractivity contribution in [1.82, 2.24) is 10.2 Å². The van der Waals surface area contributed by atoms with E-state index in [-0.39, 0.29) is 0 Å². The molecule has 0 aliphatic carbocycles. The van der Waals surface area contributed by atoms with Crippen LogP contribution in [0.5, 0.6) is 0 Å². The molecule has 3 heteroatoms. The molecule has 2 nitrogen and oxygen atoms in total. The Balaban J connectivity index is 2.98. The highest BCUT2D eigenvalue weighted by molar-refractivity contribution is 9.10. The van der Waals surface area contributed by atoms with Gasteiger partial charge in [0.15, 0.2) is 0 Å². The zero-order valence-corrected chi connectivity index (χ0v) is 8.57. The fourth-order valence-corrected chi connectivity index (χ4v) is 1.98. The van der Waals surface area contributed by atoms with Crippen LogP contribution in [0.15, 0.2) is 16.6 Å². The summed E-state index contributed by atoms with van der Waals surface area (Å²) in [5.74, 6) is 0. The minimum absolute atomic E-state index is 1.06. The number of nitrogens with one attached hydrogen (secondary N) is 1. The van der Waals surface area contributed by atoms with E-state index in [9.17, 15) is 0 Å². The number of aromatic amines is 1. The number of rotatable bonds is 0. The van der Waals surface area contributed by atoms with E-state index in [1.165, 1.54) is 10.9 Å². The van der Waals surface area contributed by atoms with Gasteiger partial charge in [0.1, 0.15) is 0 Å². The molecule has 2 rings (SSSR count). The summed E-state index contributed by atoms with van der Waals surface area (Å²) in [5, 5.41) is 8.39. The van der Waals surface area contributed by atoms with E-state index >= 15 is 0 Å². The second-order valence-electron chi connectivity index (χ2n) is 2.94. The lowest BCUT2D eigenvalue weighted by atomic mass is 10.1. The van der Waals surface area contributed by atoms with Gasteiger partial charge in [0.2, 0.25) is 0 Å². The number of hydrogen-bond donors (Lipinski definition) is 1. The monoisotopic (exact) mass is 224 g/mol. The Hall–Kier alpha value is -0.830. The molecule has 2 aromatic rings. The second kappa shape index (κ2) is 2.59. The van der Waals surface area contributed by atoms with Crippen molar-refractivity contribution >= 4 is 26.8 Å². The number of fused-ring (bicyclic) bond motifs is 1. The highest BCUT2D eigenvalue weighted by atomic mass is 79.9. The molecule has 0 saturated heterocycles. The molecule has 1 N–H and O–H groups in total. The topological polar surface area (TPSA) is 28.7 Å². The molecule has 0 fully saturated rings. The van der Waals surface area contributed by atoms with Gasteiger partial charge in [-0.05, 0) is 25.5 Å². The second-order valence-corrected chi connectivity index (χ2v) is 3.79. The highest BCUT2D eigenvalue weighted by Crippen LogP contribution is 2.27. The standard InChI is InChI=1S/C9H9BrN2/c1-5-3-4-7(10)8-6(2)11-12-9(5)8/h3-4H,1-2H3,(H,11,12). The van der Waals surface area contributed by atoms with Crippen LogP contribution in [0.3, 0.4) is 0 Å². The summed E-state index contributed by atoms with van der Waals surface area (Å²) < 4.78 is 1.11. The minimum Gasteiger partial charge on any atom is -0.282 e. The van der Waals surface area contributed by atoms with Gasteiger partial charge in [-0.1, -0.05) is 22.0 Å². The van der Waals surface area contributed by atoms with Crippen LogP contribution in [0.4, 0.5) is 0 Å². The fourth-order valence-electron chi connectivity index (χ4n) is 1.37. The summed E-state index contributed by atoms with van der Waals surface area (Å²) in [6, 6.07) is 4.12. The van der Waals surface area contributed by atoms with Crippen molar-refractivity contribution in [2.75, 3.05) is 0 Å². The Morgan fingerprint density at radius 2 is 2.08 bits per heavy atom. The summed E-state index contributed by atoms with van der Waals surface area (Å²) >= 11 is 3.50. The summed E-state index contributed by atoms with van der Waals surface area (Å²) in [6.07, 6.45) is 0. The van der Waals surface area contributed by atoms with E-state index in [0.29, 0.717) is 0 Å². The molecule has 0 unspecified atom stereocenters. The lowest BCUT2D eigenvalue weighted by Crippen LogP contribution is -1.77. The third kappa shape index (κ3) is 0.966. The number of benzene rings is 1. The molecule has 0 spiro atoms. The molecule has 0 atom stereocenters. The smallest absolute Gasteiger partial charge is 0.0964 e. The molecule has 12 heavy (non-hydrogen) atoms. The molecular formula is C9H9BrN2. The van der Waals surface area contributed by atoms with Crippen LogP contribution in [-0.4, -0.2) is 10.2 Å². The van der Waals surface area contributed by atoms with E-state index in [1.54, 1.807) is 0 Å². The van der Waals surface area contributed by atoms with E-state index in [1.807, 2.05) is 6.92 Å². The SMILES string of the molecule is Cc1ccc(Br)c2c(C)[nH]nc12. The number of hydrogen-bond acceptors (Lipinski definition) is 1. The predicted molar refractivity (Wildman–Crippen MR) is 53.3 cm³/mol. The number of aryl methyl sites for hydroxylation is 2. The van der Waals surface area contributed by atoms with Gasteiger partial charge in [-0.25, -0.2) is 0 Å². The Morgan fingerprint density at radius 3 is 2.75 bits per heavy atom. The van der Waals surface area contributed by atoms with E-state index < -0.39 is 0 Å². The predicted octanol–water partition coefficient (Wildman–Crippen LogP) is 2.94. The molecule has 0 aliphatic rings. The lowest BCUT2D eigenvalue weighted by Gasteiger charge is -1.96. The van der Waals surface area contributed by atoms with Crippen LogP contribution in [-0.2, 0) is 0 Å². The molecule has 0 aliphatic heterocycles. The lowest BCUT2D eigenvalue weighted by molar-refractivity contribution is 1.06. The van der Waals surface area contributed by atoms with Gasteiger partial charge in [0.25, 0.3) is 0 Å². The van der Waals surface area contributed by atoms with Gasteiger partial charge < -0.3 is 0 Å². The first-order valence-electron chi connectivity index (χ1n) is 3.80. The molecule has 0 bridgehead atoms. The summed E-state index contributed by atoms with van der Waals surface area (Å²) in [7, 11) is 0. The quantitative estimate of drug-likeness (QED) is 0.733. The molecule has 0 saturated carbocycles. The maximum absolute atomic E-state index is 4.22. The molecule has 1 aromatic carbocycles. The van der Waals surface area contributed by atoms with Crippen molar-refractivity contribution in [3.63, 3.8) is 0 Å². The molecule has 0 amide bonds. The van der Waals surface area contributed by atoms with Crippen LogP contribution in [0.25, 0.3) is 10.9 Å². The van der Waals surface area contributed by atoms with Gasteiger partial charge in [0, 0.05) is 15.6 Å². The molecule has 1 heterocycles. The molecular weight excluding hydrogens is 216 g/mol. The van der Waals surface area contributed by atoms with Crippen LogP contribution in [0.2, 0.25) is 0 Å². The van der Waals surface area contributed by atoms with Gasteiger partial charge >= 0.3 is 0 Å². The molecule has 62 valence electrons. The normalized spacial score (nSPS) is 10.9. The van der Waals surface area contributed by atoms with Crippen molar-refractivity contribution in [3.05, 3.63) is 27.9 Å². The van der Waals surface area contributed by atoms with Crippen molar-refractivity contribution in [2.24, 2.45) is 0 Å². The van der Waals surface area contributed by atoms with Crippen LogP contribution in [0.1, 0.15) is 11.3 Å². The Labute approximate surface area is 79.1 Å². The van der Waals surface area contributed by atoms with Crippen LogP contribution < -0.4 is 0 Å². The maximum Gasteiger partial charge on any atom is 0.0964 e. The average Bonchev–Trinajstić information content (AvgIpc) is 2.42. The summed E-state index contributed by atoms with van der Waals surface area (Å²) in [6.45, 7) is 4.09. The van der Waals surface area contributed by atoms with Gasteiger partial charge in [-0.3, -0.25) is 5.10 Å². The number of aromatic nitrogens is 2. The van der Waals surface area contributed by atoms with Gasteiger partial charge in [-0.15, -0.1) is 0 Å². The summed E-state index contributed by atoms with van der Waals surface area (Å²) in [5.41, 5.74) is 3.38. The number of H-pyrrole nitrogens is 1. The Bertz CT molecular complexity index is 431. The van der Waals surface area contributed by atoms with E-state index in [0.717, 1.165) is 15.7 Å². The maximum atomic E-state index is 4.22. The highest BCUT2D eigenvalue weighted by Gasteiger charge is 2.06. The Morgan fingerprint density at radius 1 is 1.33 bits per heavy atom. The average molecular weight is 225 g/mol. The largest absolute Gasteiger partial charge is 0.282 e. The van der Waals surface area contributed by atoms with Crippen LogP contribution in [0, 0.1) is 13.8 Å². The fraction of sp³-hybridized carbons (Fsp3) is 0.222. The third-order valence-electron chi connectivity index (χ3n) is 2.04. The molecule has 1 aromatic heterocycles. The van der Waals surface area contributed by atoms with Crippen LogP contribution >= 0.6 is 15.9 Å². The molecule has 0 radical (unpaired) electrons. The number of halogens is 1. The zero-order chi connectivity index (χ0) is 8.72. The van der Waals surface area contributed by atoms with Gasteiger partial charge in [0.05, 0.1) is 5.52 Å². The van der Waals surface area contributed by atoms with Gasteiger partial charge in [-0.2, -0.15) is 5.10 Å². The zero-order valence-electron chi connectivity index (χ0n) is 6.98. The van der Waals surface area contributed by atoms with Crippen molar-refractivity contribution in [1.29, 1.82) is 0 Å². The first-order valence-corrected chi connectivity index (χ1v) is 4.59. The van der Waals surface area contributed by atoms with Crippen molar-refractivity contribution in [3.8, 4) is 0 Å².